The highest BCUT2D eigenvalue weighted by molar-refractivity contribution is 5.34. The minimum atomic E-state index is 0.708. The van der Waals surface area contributed by atoms with E-state index in [9.17, 15) is 0 Å². The van der Waals surface area contributed by atoms with Crippen LogP contribution in [0.5, 0.6) is 0 Å². The lowest BCUT2D eigenvalue weighted by molar-refractivity contribution is 0.685. The lowest BCUT2D eigenvalue weighted by atomic mass is 10.1. The van der Waals surface area contributed by atoms with Crippen molar-refractivity contribution in [2.45, 2.75) is 13.0 Å². The Morgan fingerprint density at radius 2 is 1.45 bits per heavy atom. The van der Waals surface area contributed by atoms with Crippen LogP contribution in [0, 0.1) is 0 Å². The summed E-state index contributed by atoms with van der Waals surface area (Å²) >= 11 is 0. The predicted molar refractivity (Wildman–Crippen MR) is 81.4 cm³/mol. The second kappa shape index (κ2) is 5.61. The summed E-state index contributed by atoms with van der Waals surface area (Å²) in [7, 11) is 0. The molecule has 0 radical (unpaired) electrons. The molecule has 0 fully saturated rings. The molecule has 100 valence electrons. The molecular formula is C17H17N3. The molecule has 0 aliphatic rings. The molecule has 3 rings (SSSR count). The summed E-state index contributed by atoms with van der Waals surface area (Å²) in [5.41, 5.74) is 9.50. The van der Waals surface area contributed by atoms with Crippen molar-refractivity contribution in [3.05, 3.63) is 83.6 Å². The summed E-state index contributed by atoms with van der Waals surface area (Å²) in [6.07, 6.45) is 0.812. The van der Waals surface area contributed by atoms with Gasteiger partial charge in [-0.15, -0.1) is 0 Å². The maximum Gasteiger partial charge on any atom is 0.122 e. The molecule has 0 spiro atoms. The van der Waals surface area contributed by atoms with Crippen LogP contribution in [0.4, 0.5) is 5.82 Å². The quantitative estimate of drug-likeness (QED) is 0.786. The van der Waals surface area contributed by atoms with E-state index in [2.05, 4.69) is 29.4 Å². The SMILES string of the molecule is Nc1cc(Cc2ccccc2)nn1Cc1ccccc1. The number of hydrogen-bond donors (Lipinski definition) is 1. The Morgan fingerprint density at radius 1 is 0.850 bits per heavy atom. The molecule has 1 heterocycles. The van der Waals surface area contributed by atoms with Crippen molar-refractivity contribution < 1.29 is 0 Å². The zero-order valence-electron chi connectivity index (χ0n) is 11.2. The first kappa shape index (κ1) is 12.5. The van der Waals surface area contributed by atoms with E-state index in [1.165, 1.54) is 11.1 Å². The number of hydrogen-bond acceptors (Lipinski definition) is 2. The molecular weight excluding hydrogens is 246 g/mol. The topological polar surface area (TPSA) is 43.8 Å². The normalized spacial score (nSPS) is 10.6. The highest BCUT2D eigenvalue weighted by Crippen LogP contribution is 2.13. The smallest absolute Gasteiger partial charge is 0.122 e. The minimum Gasteiger partial charge on any atom is -0.384 e. The monoisotopic (exact) mass is 263 g/mol. The largest absolute Gasteiger partial charge is 0.384 e. The van der Waals surface area contributed by atoms with Gasteiger partial charge in [-0.3, -0.25) is 0 Å². The van der Waals surface area contributed by atoms with Crippen LogP contribution in [0.25, 0.3) is 0 Å². The molecule has 1 aromatic heterocycles. The first-order valence-corrected chi connectivity index (χ1v) is 6.71. The lowest BCUT2D eigenvalue weighted by Gasteiger charge is -2.03. The molecule has 0 saturated carbocycles. The molecule has 0 saturated heterocycles. The van der Waals surface area contributed by atoms with Crippen LogP contribution < -0.4 is 5.73 Å². The predicted octanol–water partition coefficient (Wildman–Crippen LogP) is 3.10. The summed E-state index contributed by atoms with van der Waals surface area (Å²) in [4.78, 5) is 0. The molecule has 3 nitrogen and oxygen atoms in total. The van der Waals surface area contributed by atoms with E-state index >= 15 is 0 Å². The first-order chi connectivity index (χ1) is 9.81. The Hall–Kier alpha value is -2.55. The Morgan fingerprint density at radius 3 is 2.10 bits per heavy atom. The summed E-state index contributed by atoms with van der Waals surface area (Å²) in [5, 5.41) is 4.59. The molecule has 2 N–H and O–H groups in total. The van der Waals surface area contributed by atoms with Gasteiger partial charge < -0.3 is 5.73 Å². The fourth-order valence-electron chi connectivity index (χ4n) is 2.26. The van der Waals surface area contributed by atoms with Crippen LogP contribution in [-0.2, 0) is 13.0 Å². The number of nitrogens with zero attached hydrogens (tertiary/aromatic N) is 2. The van der Waals surface area contributed by atoms with Gasteiger partial charge in [-0.25, -0.2) is 4.68 Å². The second-order valence-electron chi connectivity index (χ2n) is 4.87. The van der Waals surface area contributed by atoms with Crippen LogP contribution in [0.3, 0.4) is 0 Å². The zero-order chi connectivity index (χ0) is 13.8. The maximum absolute atomic E-state index is 6.04. The van der Waals surface area contributed by atoms with Crippen molar-refractivity contribution in [2.24, 2.45) is 0 Å². The van der Waals surface area contributed by atoms with E-state index in [1.807, 2.05) is 47.1 Å². The van der Waals surface area contributed by atoms with E-state index in [1.54, 1.807) is 0 Å². The third kappa shape index (κ3) is 2.88. The summed E-state index contributed by atoms with van der Waals surface area (Å²) < 4.78 is 1.85. The zero-order valence-corrected chi connectivity index (χ0v) is 11.2. The molecule has 3 heteroatoms. The van der Waals surface area contributed by atoms with Gasteiger partial charge in [0.25, 0.3) is 0 Å². The molecule has 0 atom stereocenters. The summed E-state index contributed by atoms with van der Waals surface area (Å²) in [5.74, 6) is 0.708. The van der Waals surface area contributed by atoms with Crippen molar-refractivity contribution in [1.82, 2.24) is 9.78 Å². The lowest BCUT2D eigenvalue weighted by Crippen LogP contribution is -2.06. The number of anilines is 1. The van der Waals surface area contributed by atoms with Gasteiger partial charge in [0.1, 0.15) is 5.82 Å². The standard InChI is InChI=1S/C17H17N3/c18-17-12-16(11-14-7-3-1-4-8-14)19-20(17)13-15-9-5-2-6-10-15/h1-10,12H,11,13,18H2. The van der Waals surface area contributed by atoms with Crippen LogP contribution in [-0.4, -0.2) is 9.78 Å². The van der Waals surface area contributed by atoms with Crippen LogP contribution in [0.15, 0.2) is 66.7 Å². The molecule has 0 bridgehead atoms. The maximum atomic E-state index is 6.04. The van der Waals surface area contributed by atoms with Crippen LogP contribution >= 0.6 is 0 Å². The summed E-state index contributed by atoms with van der Waals surface area (Å²) in [6.45, 7) is 0.710. The Kier molecular flexibility index (Phi) is 3.50. The molecule has 20 heavy (non-hydrogen) atoms. The Labute approximate surface area is 118 Å². The van der Waals surface area contributed by atoms with Crippen molar-refractivity contribution in [3.8, 4) is 0 Å². The second-order valence-corrected chi connectivity index (χ2v) is 4.87. The molecule has 0 unspecified atom stereocenters. The molecule has 2 aromatic carbocycles. The molecule has 3 aromatic rings. The molecule has 0 aliphatic heterocycles. The van der Waals surface area contributed by atoms with Gasteiger partial charge in [0.15, 0.2) is 0 Å². The Balaban J connectivity index is 1.77. The van der Waals surface area contributed by atoms with Crippen LogP contribution in [0.1, 0.15) is 16.8 Å². The van der Waals surface area contributed by atoms with Crippen molar-refractivity contribution in [3.63, 3.8) is 0 Å². The highest BCUT2D eigenvalue weighted by atomic mass is 15.3. The van der Waals surface area contributed by atoms with Crippen molar-refractivity contribution >= 4 is 5.82 Å². The number of nitrogen functional groups attached to an aromatic ring is 1. The van der Waals surface area contributed by atoms with E-state index in [0.29, 0.717) is 12.4 Å². The van der Waals surface area contributed by atoms with Gasteiger partial charge in [-0.2, -0.15) is 5.10 Å². The Bertz CT molecular complexity index is 672. The van der Waals surface area contributed by atoms with Gasteiger partial charge >= 0.3 is 0 Å². The number of aromatic nitrogens is 2. The van der Waals surface area contributed by atoms with E-state index < -0.39 is 0 Å². The molecule has 0 amide bonds. The minimum absolute atomic E-state index is 0.708. The third-order valence-electron chi connectivity index (χ3n) is 3.26. The summed E-state index contributed by atoms with van der Waals surface area (Å²) in [6, 6.07) is 22.5. The fourth-order valence-corrected chi connectivity index (χ4v) is 2.26. The average Bonchev–Trinajstić information content (AvgIpc) is 2.81. The van der Waals surface area contributed by atoms with Gasteiger partial charge in [-0.1, -0.05) is 60.7 Å². The average molecular weight is 263 g/mol. The fraction of sp³-hybridized carbons (Fsp3) is 0.118. The van der Waals surface area contributed by atoms with Gasteiger partial charge in [0.2, 0.25) is 0 Å². The first-order valence-electron chi connectivity index (χ1n) is 6.71. The van der Waals surface area contributed by atoms with Crippen molar-refractivity contribution in [1.29, 1.82) is 0 Å². The number of nitrogens with two attached hydrogens (primary N) is 1. The van der Waals surface area contributed by atoms with Gasteiger partial charge in [0, 0.05) is 12.5 Å². The van der Waals surface area contributed by atoms with E-state index in [0.717, 1.165) is 12.1 Å². The third-order valence-corrected chi connectivity index (χ3v) is 3.26. The molecule has 0 aliphatic carbocycles. The van der Waals surface area contributed by atoms with Crippen molar-refractivity contribution in [2.75, 3.05) is 5.73 Å². The van der Waals surface area contributed by atoms with Crippen LogP contribution in [0.2, 0.25) is 0 Å². The van der Waals surface area contributed by atoms with Gasteiger partial charge in [-0.05, 0) is 11.1 Å². The highest BCUT2D eigenvalue weighted by Gasteiger charge is 2.06. The number of rotatable bonds is 4. The van der Waals surface area contributed by atoms with E-state index in [4.69, 9.17) is 5.73 Å². The van der Waals surface area contributed by atoms with E-state index in [-0.39, 0.29) is 0 Å². The number of benzene rings is 2. The van der Waals surface area contributed by atoms with Gasteiger partial charge in [0.05, 0.1) is 12.2 Å².